The van der Waals surface area contributed by atoms with Crippen LogP contribution in [0.3, 0.4) is 0 Å². The van der Waals surface area contributed by atoms with E-state index in [4.69, 9.17) is 4.74 Å². The van der Waals surface area contributed by atoms with Gasteiger partial charge in [0, 0.05) is 21.4 Å². The summed E-state index contributed by atoms with van der Waals surface area (Å²) in [6.45, 7) is 1.95. The number of hydrogen-bond donors (Lipinski definition) is 0. The van der Waals surface area contributed by atoms with Crippen molar-refractivity contribution >= 4 is 32.3 Å². The van der Waals surface area contributed by atoms with Crippen molar-refractivity contribution < 1.29 is 13.2 Å². The van der Waals surface area contributed by atoms with Crippen molar-refractivity contribution in [3.05, 3.63) is 94.7 Å². The highest BCUT2D eigenvalue weighted by molar-refractivity contribution is 7.90. The van der Waals surface area contributed by atoms with Gasteiger partial charge in [0.25, 0.3) is 10.0 Å². The van der Waals surface area contributed by atoms with Crippen molar-refractivity contribution in [1.29, 1.82) is 5.26 Å². The van der Waals surface area contributed by atoms with Crippen LogP contribution in [0.2, 0.25) is 0 Å². The molecule has 5 rings (SSSR count). The highest BCUT2D eigenvalue weighted by Gasteiger charge is 2.29. The molecular formula is C27H20N2O3S2. The van der Waals surface area contributed by atoms with Crippen LogP contribution in [0.15, 0.2) is 89.8 Å². The topological polar surface area (TPSA) is 72.1 Å². The number of benzene rings is 3. The van der Waals surface area contributed by atoms with E-state index >= 15 is 0 Å². The molecule has 0 spiro atoms. The van der Waals surface area contributed by atoms with E-state index in [9.17, 15) is 13.7 Å². The maximum absolute atomic E-state index is 14.1. The lowest BCUT2D eigenvalue weighted by Crippen LogP contribution is -2.14. The number of aromatic nitrogens is 1. The lowest BCUT2D eigenvalue weighted by molar-refractivity contribution is 0.414. The number of methoxy groups -OCH3 is 1. The fourth-order valence-electron chi connectivity index (χ4n) is 4.23. The molecule has 0 unspecified atom stereocenters. The van der Waals surface area contributed by atoms with Gasteiger partial charge in [-0.15, -0.1) is 11.3 Å². The summed E-state index contributed by atoms with van der Waals surface area (Å²) in [5.74, 6) is 0.577. The SMILES string of the molecule is COc1ccc(S(=O)(=O)n2c(-c3ccccc3)c(-c3cc(C)sc3C#N)c3ccccc32)cc1. The molecule has 2 heterocycles. The molecule has 5 aromatic rings. The number of aryl methyl sites for hydroxylation is 1. The number of nitrogens with zero attached hydrogens (tertiary/aromatic N) is 2. The highest BCUT2D eigenvalue weighted by atomic mass is 32.2. The summed E-state index contributed by atoms with van der Waals surface area (Å²) in [6.07, 6.45) is 0. The molecule has 0 radical (unpaired) electrons. The van der Waals surface area contributed by atoms with Crippen LogP contribution < -0.4 is 4.74 Å². The summed E-state index contributed by atoms with van der Waals surface area (Å²) in [7, 11) is -2.45. The molecule has 7 heteroatoms. The molecule has 5 nitrogen and oxygen atoms in total. The van der Waals surface area contributed by atoms with Gasteiger partial charge in [0.1, 0.15) is 16.7 Å². The minimum atomic E-state index is -3.99. The van der Waals surface area contributed by atoms with Gasteiger partial charge in [-0.25, -0.2) is 12.4 Å². The van der Waals surface area contributed by atoms with Crippen molar-refractivity contribution in [2.45, 2.75) is 11.8 Å². The first-order chi connectivity index (χ1) is 16.5. The second kappa shape index (κ2) is 8.49. The molecule has 0 saturated heterocycles. The van der Waals surface area contributed by atoms with Crippen LogP contribution in [0.1, 0.15) is 9.75 Å². The first kappa shape index (κ1) is 22.0. The van der Waals surface area contributed by atoms with E-state index in [1.54, 1.807) is 37.4 Å². The van der Waals surface area contributed by atoms with Crippen molar-refractivity contribution in [2.24, 2.45) is 0 Å². The summed E-state index contributed by atoms with van der Waals surface area (Å²) in [5.41, 5.74) is 3.31. The van der Waals surface area contributed by atoms with Crippen molar-refractivity contribution in [3.63, 3.8) is 0 Å². The molecule has 34 heavy (non-hydrogen) atoms. The van der Waals surface area contributed by atoms with Crippen LogP contribution in [0.25, 0.3) is 33.3 Å². The molecule has 0 atom stereocenters. The number of hydrogen-bond acceptors (Lipinski definition) is 5. The Labute approximate surface area is 202 Å². The fourth-order valence-corrected chi connectivity index (χ4v) is 6.59. The van der Waals surface area contributed by atoms with Crippen molar-refractivity contribution in [1.82, 2.24) is 3.97 Å². The minimum absolute atomic E-state index is 0.153. The number of fused-ring (bicyclic) bond motifs is 1. The largest absolute Gasteiger partial charge is 0.497 e. The number of para-hydroxylation sites is 1. The van der Waals surface area contributed by atoms with Crippen LogP contribution in [0.4, 0.5) is 0 Å². The van der Waals surface area contributed by atoms with E-state index in [1.807, 2.05) is 61.5 Å². The van der Waals surface area contributed by atoms with Gasteiger partial charge >= 0.3 is 0 Å². The lowest BCUT2D eigenvalue weighted by Gasteiger charge is -2.14. The second-order valence-electron chi connectivity index (χ2n) is 7.76. The van der Waals surface area contributed by atoms with Gasteiger partial charge in [0.15, 0.2) is 0 Å². The predicted octanol–water partition coefficient (Wildman–Crippen LogP) is 6.46. The third-order valence-electron chi connectivity index (χ3n) is 5.70. The summed E-state index contributed by atoms with van der Waals surface area (Å²) in [6, 6.07) is 27.5. The Morgan fingerprint density at radius 2 is 1.62 bits per heavy atom. The Kier molecular flexibility index (Phi) is 5.48. The van der Waals surface area contributed by atoms with E-state index in [0.717, 1.165) is 27.0 Å². The van der Waals surface area contributed by atoms with Crippen LogP contribution in [-0.2, 0) is 10.0 Å². The predicted molar refractivity (Wildman–Crippen MR) is 136 cm³/mol. The van der Waals surface area contributed by atoms with Crippen molar-refractivity contribution in [2.75, 3.05) is 7.11 Å². The number of rotatable bonds is 5. The summed E-state index contributed by atoms with van der Waals surface area (Å²) in [5, 5.41) is 10.6. The summed E-state index contributed by atoms with van der Waals surface area (Å²) < 4.78 is 34.8. The second-order valence-corrected chi connectivity index (χ2v) is 10.8. The first-order valence-corrected chi connectivity index (χ1v) is 12.8. The molecule has 2 aromatic heterocycles. The molecular weight excluding hydrogens is 464 g/mol. The average molecular weight is 485 g/mol. The van der Waals surface area contributed by atoms with E-state index in [-0.39, 0.29) is 4.90 Å². The molecule has 168 valence electrons. The van der Waals surface area contributed by atoms with Gasteiger partial charge in [-0.1, -0.05) is 48.5 Å². The fraction of sp³-hybridized carbons (Fsp3) is 0.0741. The van der Waals surface area contributed by atoms with Gasteiger partial charge in [-0.2, -0.15) is 5.26 Å². The third kappa shape index (κ3) is 3.48. The lowest BCUT2D eigenvalue weighted by atomic mass is 9.98. The third-order valence-corrected chi connectivity index (χ3v) is 8.39. The van der Waals surface area contributed by atoms with Gasteiger partial charge in [-0.05, 0) is 48.9 Å². The Morgan fingerprint density at radius 3 is 2.29 bits per heavy atom. The quantitative estimate of drug-likeness (QED) is 0.287. The number of nitriles is 1. The van der Waals surface area contributed by atoms with Gasteiger partial charge in [0.05, 0.1) is 23.2 Å². The van der Waals surface area contributed by atoms with Crippen molar-refractivity contribution in [3.8, 4) is 34.2 Å². The van der Waals surface area contributed by atoms with E-state index < -0.39 is 10.0 Å². The van der Waals surface area contributed by atoms with E-state index in [1.165, 1.54) is 15.3 Å². The molecule has 3 aromatic carbocycles. The van der Waals surface area contributed by atoms with Crippen LogP contribution in [-0.4, -0.2) is 19.5 Å². The summed E-state index contributed by atoms with van der Waals surface area (Å²) in [4.78, 5) is 1.69. The Bertz CT molecular complexity index is 1660. The molecule has 0 aliphatic carbocycles. The monoisotopic (exact) mass is 484 g/mol. The van der Waals surface area contributed by atoms with Crippen LogP contribution >= 0.6 is 11.3 Å². The number of thiophene rings is 1. The highest BCUT2D eigenvalue weighted by Crippen LogP contribution is 2.45. The van der Waals surface area contributed by atoms with Crippen LogP contribution in [0.5, 0.6) is 5.75 Å². The van der Waals surface area contributed by atoms with Crippen LogP contribution in [0, 0.1) is 18.3 Å². The Hall–Kier alpha value is -3.86. The zero-order valence-electron chi connectivity index (χ0n) is 18.5. The molecule has 0 fully saturated rings. The molecule has 0 N–H and O–H groups in total. The summed E-state index contributed by atoms with van der Waals surface area (Å²) >= 11 is 1.41. The normalized spacial score (nSPS) is 11.4. The Balaban J connectivity index is 1.94. The maximum atomic E-state index is 14.1. The first-order valence-electron chi connectivity index (χ1n) is 10.5. The molecule has 0 aliphatic heterocycles. The molecule has 0 aliphatic rings. The van der Waals surface area contributed by atoms with Gasteiger partial charge in [-0.3, -0.25) is 0 Å². The minimum Gasteiger partial charge on any atom is -0.497 e. The zero-order chi connectivity index (χ0) is 23.9. The molecule has 0 amide bonds. The van der Waals surface area contributed by atoms with E-state index in [2.05, 4.69) is 6.07 Å². The smallest absolute Gasteiger partial charge is 0.268 e. The molecule has 0 saturated carbocycles. The molecule has 0 bridgehead atoms. The zero-order valence-corrected chi connectivity index (χ0v) is 20.2. The standard InChI is InChI=1S/C27H20N2O3S2/c1-18-16-23(25(17-28)33-18)26-22-10-6-7-11-24(22)29(27(26)19-8-4-3-5-9-19)34(30,31)21-14-12-20(32-2)13-15-21/h3-16H,1-2H3. The van der Waals surface area contributed by atoms with E-state index in [0.29, 0.717) is 21.8 Å². The van der Waals surface area contributed by atoms with Gasteiger partial charge in [0.2, 0.25) is 0 Å². The maximum Gasteiger partial charge on any atom is 0.268 e. The Morgan fingerprint density at radius 1 is 0.941 bits per heavy atom. The number of ether oxygens (including phenoxy) is 1. The average Bonchev–Trinajstić information content (AvgIpc) is 3.42. The van der Waals surface area contributed by atoms with Gasteiger partial charge < -0.3 is 4.74 Å².